The second-order valence-corrected chi connectivity index (χ2v) is 5.77. The van der Waals surface area contributed by atoms with Gasteiger partial charge in [-0.15, -0.1) is 0 Å². The molecule has 0 aliphatic heterocycles. The van der Waals surface area contributed by atoms with Crippen LogP contribution in [0.15, 0.2) is 36.5 Å². The van der Waals surface area contributed by atoms with Crippen LogP contribution in [-0.2, 0) is 9.53 Å². The number of ether oxygens (including phenoxy) is 1. The number of esters is 1. The molecule has 1 atom stereocenters. The fourth-order valence-electron chi connectivity index (χ4n) is 2.09. The highest BCUT2D eigenvalue weighted by Gasteiger charge is 2.32. The van der Waals surface area contributed by atoms with Crippen molar-refractivity contribution in [3.63, 3.8) is 0 Å². The van der Waals surface area contributed by atoms with Crippen LogP contribution in [0.5, 0.6) is 0 Å². The lowest BCUT2D eigenvalue weighted by Crippen LogP contribution is -2.33. The van der Waals surface area contributed by atoms with Crippen molar-refractivity contribution in [2.24, 2.45) is 5.92 Å². The van der Waals surface area contributed by atoms with Gasteiger partial charge in [0.1, 0.15) is 5.60 Å². The average Bonchev–Trinajstić information content (AvgIpc) is 2.42. The summed E-state index contributed by atoms with van der Waals surface area (Å²) in [6, 6.07) is 0. The van der Waals surface area contributed by atoms with Crippen molar-refractivity contribution in [1.82, 2.24) is 0 Å². The Morgan fingerprint density at radius 3 is 2.70 bits per heavy atom. The van der Waals surface area contributed by atoms with Crippen LogP contribution in [0.1, 0.15) is 46.0 Å². The second kappa shape index (κ2) is 8.05. The molecule has 0 saturated heterocycles. The Bertz CT molecular complexity index is 393. The first-order valence-corrected chi connectivity index (χ1v) is 7.39. The molecule has 112 valence electrons. The van der Waals surface area contributed by atoms with Gasteiger partial charge in [0.2, 0.25) is 0 Å². The van der Waals surface area contributed by atoms with Gasteiger partial charge in [0, 0.05) is 6.42 Å². The first-order valence-electron chi connectivity index (χ1n) is 7.39. The molecule has 1 N–H and O–H groups in total. The Morgan fingerprint density at radius 1 is 1.35 bits per heavy atom. The van der Waals surface area contributed by atoms with E-state index in [1.165, 1.54) is 6.42 Å². The molecule has 0 bridgehead atoms. The molecular formula is C17H26O3. The number of aliphatic hydroxyl groups is 1. The summed E-state index contributed by atoms with van der Waals surface area (Å²) < 4.78 is 5.17. The smallest absolute Gasteiger partial charge is 0.336 e. The molecule has 3 nitrogen and oxygen atoms in total. The summed E-state index contributed by atoms with van der Waals surface area (Å²) in [7, 11) is 0. The summed E-state index contributed by atoms with van der Waals surface area (Å²) in [4.78, 5) is 11.8. The van der Waals surface area contributed by atoms with Gasteiger partial charge in [-0.25, -0.2) is 4.79 Å². The number of allylic oxidation sites excluding steroid dienone is 2. The zero-order valence-corrected chi connectivity index (χ0v) is 12.6. The summed E-state index contributed by atoms with van der Waals surface area (Å²) in [6.07, 6.45) is 11.6. The van der Waals surface area contributed by atoms with E-state index in [0.717, 1.165) is 25.2 Å². The van der Waals surface area contributed by atoms with Gasteiger partial charge < -0.3 is 9.84 Å². The molecule has 0 fully saturated rings. The molecule has 20 heavy (non-hydrogen) atoms. The lowest BCUT2D eigenvalue weighted by molar-refractivity contribution is -0.141. The van der Waals surface area contributed by atoms with Crippen LogP contribution < -0.4 is 0 Å². The number of rotatable bonds is 8. The normalized spacial score (nSPS) is 21.2. The van der Waals surface area contributed by atoms with Gasteiger partial charge in [0.15, 0.2) is 0 Å². The van der Waals surface area contributed by atoms with E-state index in [-0.39, 0.29) is 5.57 Å². The Labute approximate surface area is 122 Å². The van der Waals surface area contributed by atoms with E-state index in [0.29, 0.717) is 13.0 Å². The van der Waals surface area contributed by atoms with E-state index in [1.807, 2.05) is 12.2 Å². The monoisotopic (exact) mass is 278 g/mol. The van der Waals surface area contributed by atoms with Crippen LogP contribution in [0.4, 0.5) is 0 Å². The quantitative estimate of drug-likeness (QED) is 0.419. The fourth-order valence-corrected chi connectivity index (χ4v) is 2.09. The predicted molar refractivity (Wildman–Crippen MR) is 81.3 cm³/mol. The van der Waals surface area contributed by atoms with Gasteiger partial charge in [-0.3, -0.25) is 0 Å². The molecule has 0 aromatic carbocycles. The summed E-state index contributed by atoms with van der Waals surface area (Å²) >= 11 is 0. The number of carbonyl (C=O) groups is 1. The SMILES string of the molecule is C=C(C(=O)OCCCCCC(C)C)C1(O)C=CC=CC1. The highest BCUT2D eigenvalue weighted by molar-refractivity contribution is 5.90. The highest BCUT2D eigenvalue weighted by Crippen LogP contribution is 2.26. The van der Waals surface area contributed by atoms with E-state index in [9.17, 15) is 9.90 Å². The van der Waals surface area contributed by atoms with E-state index in [4.69, 9.17) is 4.74 Å². The number of hydrogen-bond acceptors (Lipinski definition) is 3. The van der Waals surface area contributed by atoms with Crippen LogP contribution >= 0.6 is 0 Å². The maximum Gasteiger partial charge on any atom is 0.336 e. The van der Waals surface area contributed by atoms with Crippen molar-refractivity contribution in [2.45, 2.75) is 51.6 Å². The molecule has 0 spiro atoms. The molecule has 3 heteroatoms. The van der Waals surface area contributed by atoms with Crippen molar-refractivity contribution in [3.05, 3.63) is 36.5 Å². The zero-order chi connectivity index (χ0) is 15.0. The maximum absolute atomic E-state index is 11.8. The standard InChI is InChI=1S/C17H26O3/c1-14(2)10-6-4-9-13-20-16(18)15(3)17(19)11-7-5-8-12-17/h5,7-8,11,14,19H,3-4,6,9-10,12-13H2,1-2H3. The maximum atomic E-state index is 11.8. The topological polar surface area (TPSA) is 46.5 Å². The van der Waals surface area contributed by atoms with Crippen LogP contribution in [0.2, 0.25) is 0 Å². The van der Waals surface area contributed by atoms with E-state index < -0.39 is 11.6 Å². The number of hydrogen-bond donors (Lipinski definition) is 1. The third kappa shape index (κ3) is 5.33. The predicted octanol–water partition coefficient (Wildman–Crippen LogP) is 3.55. The summed E-state index contributed by atoms with van der Waals surface area (Å²) in [5, 5.41) is 10.3. The molecule has 0 amide bonds. The van der Waals surface area contributed by atoms with Crippen LogP contribution in [0, 0.1) is 5.92 Å². The third-order valence-electron chi connectivity index (χ3n) is 3.48. The van der Waals surface area contributed by atoms with Crippen molar-refractivity contribution in [2.75, 3.05) is 6.61 Å². The van der Waals surface area contributed by atoms with E-state index in [1.54, 1.807) is 12.2 Å². The fraction of sp³-hybridized carbons (Fsp3) is 0.588. The number of unbranched alkanes of at least 4 members (excludes halogenated alkanes) is 2. The van der Waals surface area contributed by atoms with Gasteiger partial charge in [0.05, 0.1) is 12.2 Å². The minimum atomic E-state index is -1.29. The molecule has 1 rings (SSSR count). The molecule has 1 unspecified atom stereocenters. The minimum absolute atomic E-state index is 0.111. The molecular weight excluding hydrogens is 252 g/mol. The molecule has 0 radical (unpaired) electrons. The first kappa shape index (κ1) is 16.7. The van der Waals surface area contributed by atoms with Gasteiger partial charge in [0.25, 0.3) is 0 Å². The Hall–Kier alpha value is -1.35. The number of carbonyl (C=O) groups excluding carboxylic acids is 1. The van der Waals surface area contributed by atoms with E-state index >= 15 is 0 Å². The van der Waals surface area contributed by atoms with Crippen molar-refractivity contribution < 1.29 is 14.6 Å². The van der Waals surface area contributed by atoms with Crippen LogP contribution in [0.25, 0.3) is 0 Å². The van der Waals surface area contributed by atoms with Crippen molar-refractivity contribution in [3.8, 4) is 0 Å². The van der Waals surface area contributed by atoms with Gasteiger partial charge >= 0.3 is 5.97 Å². The molecule has 0 heterocycles. The summed E-state index contributed by atoms with van der Waals surface area (Å²) in [5.41, 5.74) is -1.18. The second-order valence-electron chi connectivity index (χ2n) is 5.77. The molecule has 0 aromatic rings. The summed E-state index contributed by atoms with van der Waals surface area (Å²) in [6.45, 7) is 8.48. The molecule has 1 aliphatic carbocycles. The van der Waals surface area contributed by atoms with Gasteiger partial charge in [-0.05, 0) is 18.4 Å². The van der Waals surface area contributed by atoms with Crippen LogP contribution in [0.3, 0.4) is 0 Å². The highest BCUT2D eigenvalue weighted by atomic mass is 16.5. The van der Waals surface area contributed by atoms with Crippen LogP contribution in [-0.4, -0.2) is 23.3 Å². The largest absolute Gasteiger partial charge is 0.462 e. The average molecular weight is 278 g/mol. The Balaban J connectivity index is 2.24. The zero-order valence-electron chi connectivity index (χ0n) is 12.6. The Kier molecular flexibility index (Phi) is 6.73. The van der Waals surface area contributed by atoms with Crippen molar-refractivity contribution >= 4 is 5.97 Å². The molecule has 1 aliphatic rings. The lowest BCUT2D eigenvalue weighted by Gasteiger charge is -2.26. The Morgan fingerprint density at radius 2 is 2.10 bits per heavy atom. The summed E-state index contributed by atoms with van der Waals surface area (Å²) in [5.74, 6) is 0.217. The minimum Gasteiger partial charge on any atom is -0.462 e. The third-order valence-corrected chi connectivity index (χ3v) is 3.48. The van der Waals surface area contributed by atoms with Gasteiger partial charge in [-0.1, -0.05) is 57.9 Å². The van der Waals surface area contributed by atoms with Crippen molar-refractivity contribution in [1.29, 1.82) is 0 Å². The van der Waals surface area contributed by atoms with E-state index in [2.05, 4.69) is 20.4 Å². The molecule has 0 aromatic heterocycles. The lowest BCUT2D eigenvalue weighted by atomic mass is 9.88. The molecule has 0 saturated carbocycles. The first-order chi connectivity index (χ1) is 9.46. The van der Waals surface area contributed by atoms with Gasteiger partial charge in [-0.2, -0.15) is 0 Å².